The monoisotopic (exact) mass is 337 g/mol. The van der Waals surface area contributed by atoms with Crippen molar-refractivity contribution in [2.45, 2.75) is 65.3 Å². The maximum absolute atomic E-state index is 12.8. The minimum absolute atomic E-state index is 0.166. The average molecular weight is 337 g/mol. The zero-order chi connectivity index (χ0) is 18.1. The molecule has 0 bridgehead atoms. The van der Waals surface area contributed by atoms with E-state index in [4.69, 9.17) is 0 Å². The topological polar surface area (TPSA) is 69.7 Å². The molecule has 6 heteroatoms. The van der Waals surface area contributed by atoms with Crippen LogP contribution in [0.25, 0.3) is 0 Å². The highest BCUT2D eigenvalue weighted by Gasteiger charge is 2.53. The van der Waals surface area contributed by atoms with E-state index < -0.39 is 11.6 Å². The first-order valence-corrected chi connectivity index (χ1v) is 9.05. The summed E-state index contributed by atoms with van der Waals surface area (Å²) >= 11 is 0. The van der Waals surface area contributed by atoms with E-state index in [1.807, 2.05) is 6.92 Å². The van der Waals surface area contributed by atoms with Crippen LogP contribution in [0.3, 0.4) is 0 Å². The molecule has 136 valence electrons. The number of urea groups is 1. The number of hydrogen-bond acceptors (Lipinski definition) is 3. The summed E-state index contributed by atoms with van der Waals surface area (Å²) in [6.45, 7) is 9.00. The van der Waals surface area contributed by atoms with Gasteiger partial charge in [0.2, 0.25) is 5.91 Å². The first-order valence-electron chi connectivity index (χ1n) is 9.05. The molecule has 24 heavy (non-hydrogen) atoms. The van der Waals surface area contributed by atoms with Gasteiger partial charge in [0, 0.05) is 13.6 Å². The fourth-order valence-corrected chi connectivity index (χ4v) is 3.77. The van der Waals surface area contributed by atoms with Crippen LogP contribution >= 0.6 is 0 Å². The molecule has 1 aliphatic heterocycles. The normalized spacial score (nSPS) is 27.5. The van der Waals surface area contributed by atoms with Crippen molar-refractivity contribution in [1.82, 2.24) is 15.1 Å². The third-order valence-corrected chi connectivity index (χ3v) is 6.29. The number of amides is 4. The molecule has 0 aromatic rings. The highest BCUT2D eigenvalue weighted by Crippen LogP contribution is 2.45. The van der Waals surface area contributed by atoms with Crippen molar-refractivity contribution in [3.05, 3.63) is 0 Å². The lowest BCUT2D eigenvalue weighted by Crippen LogP contribution is -2.51. The van der Waals surface area contributed by atoms with Crippen molar-refractivity contribution in [1.29, 1.82) is 0 Å². The summed E-state index contributed by atoms with van der Waals surface area (Å²) in [6, 6.07) is -0.425. The Balaban J connectivity index is 2.05. The van der Waals surface area contributed by atoms with Gasteiger partial charge in [-0.05, 0) is 43.9 Å². The van der Waals surface area contributed by atoms with Crippen molar-refractivity contribution >= 4 is 17.8 Å². The molecule has 1 heterocycles. The number of hydrogen-bond donors (Lipinski definition) is 1. The molecule has 1 saturated carbocycles. The Labute approximate surface area is 144 Å². The standard InChI is InChI=1S/C18H31N3O3/c1-6-17(3,4)13-8-10-18(11-9-13)15(23)21(16(24)19-18)12-14(22)20(5)7-2/h13H,6-12H2,1-5H3,(H,19,24). The highest BCUT2D eigenvalue weighted by molar-refractivity contribution is 6.09. The van der Waals surface area contributed by atoms with E-state index in [0.717, 1.165) is 24.2 Å². The van der Waals surface area contributed by atoms with Gasteiger partial charge in [0.1, 0.15) is 12.1 Å². The summed E-state index contributed by atoms with van der Waals surface area (Å²) in [6.07, 6.45) is 4.31. The smallest absolute Gasteiger partial charge is 0.325 e. The van der Waals surface area contributed by atoms with Crippen LogP contribution in [0, 0.1) is 11.3 Å². The molecule has 1 spiro atoms. The number of carbonyl (C=O) groups excluding carboxylic acids is 3. The Morgan fingerprint density at radius 2 is 1.88 bits per heavy atom. The second-order valence-electron chi connectivity index (χ2n) is 7.93. The second kappa shape index (κ2) is 6.73. The number of rotatable bonds is 5. The lowest BCUT2D eigenvalue weighted by Gasteiger charge is -2.42. The van der Waals surface area contributed by atoms with E-state index in [2.05, 4.69) is 26.1 Å². The van der Waals surface area contributed by atoms with Gasteiger partial charge in [-0.3, -0.25) is 14.5 Å². The second-order valence-corrected chi connectivity index (χ2v) is 7.93. The van der Waals surface area contributed by atoms with Gasteiger partial charge in [-0.2, -0.15) is 0 Å². The Kier molecular flexibility index (Phi) is 5.25. The van der Waals surface area contributed by atoms with Gasteiger partial charge in [-0.25, -0.2) is 4.79 Å². The van der Waals surface area contributed by atoms with Gasteiger partial charge in [-0.15, -0.1) is 0 Å². The molecule has 0 aromatic heterocycles. The van der Waals surface area contributed by atoms with E-state index in [-0.39, 0.29) is 23.8 Å². The third-order valence-electron chi connectivity index (χ3n) is 6.29. The van der Waals surface area contributed by atoms with Crippen molar-refractivity contribution in [3.63, 3.8) is 0 Å². The fraction of sp³-hybridized carbons (Fsp3) is 0.833. The molecule has 2 rings (SSSR count). The number of likely N-dealkylation sites (N-methyl/N-ethyl adjacent to an activating group) is 1. The summed E-state index contributed by atoms with van der Waals surface area (Å²) < 4.78 is 0. The van der Waals surface area contributed by atoms with Crippen LogP contribution in [-0.2, 0) is 9.59 Å². The molecule has 1 N–H and O–H groups in total. The molecule has 2 fully saturated rings. The number of imide groups is 1. The van der Waals surface area contributed by atoms with E-state index in [1.54, 1.807) is 7.05 Å². The SMILES string of the molecule is CCN(C)C(=O)CN1C(=O)NC2(CCC(C(C)(C)CC)CC2)C1=O. The molecule has 0 atom stereocenters. The molecular formula is C18H31N3O3. The molecular weight excluding hydrogens is 306 g/mol. The molecule has 1 aliphatic carbocycles. The van der Waals surface area contributed by atoms with Crippen molar-refractivity contribution < 1.29 is 14.4 Å². The quantitative estimate of drug-likeness (QED) is 0.783. The van der Waals surface area contributed by atoms with Gasteiger partial charge in [-0.1, -0.05) is 27.2 Å². The molecule has 2 aliphatic rings. The van der Waals surface area contributed by atoms with Gasteiger partial charge in [0.05, 0.1) is 0 Å². The van der Waals surface area contributed by atoms with E-state index in [0.29, 0.717) is 25.3 Å². The van der Waals surface area contributed by atoms with Crippen LogP contribution in [0.5, 0.6) is 0 Å². The minimum atomic E-state index is -0.789. The molecule has 6 nitrogen and oxygen atoms in total. The molecule has 0 radical (unpaired) electrons. The van der Waals surface area contributed by atoms with Gasteiger partial charge >= 0.3 is 6.03 Å². The zero-order valence-corrected chi connectivity index (χ0v) is 15.6. The maximum atomic E-state index is 12.8. The Bertz CT molecular complexity index is 522. The van der Waals surface area contributed by atoms with Crippen LogP contribution < -0.4 is 5.32 Å². The van der Waals surface area contributed by atoms with Crippen LogP contribution in [0.15, 0.2) is 0 Å². The van der Waals surface area contributed by atoms with E-state index >= 15 is 0 Å². The van der Waals surface area contributed by atoms with E-state index in [1.165, 1.54) is 4.90 Å². The van der Waals surface area contributed by atoms with Gasteiger partial charge in [0.25, 0.3) is 5.91 Å². The van der Waals surface area contributed by atoms with Crippen LogP contribution in [-0.4, -0.2) is 53.3 Å². The average Bonchev–Trinajstić information content (AvgIpc) is 2.78. The molecule has 0 unspecified atom stereocenters. The van der Waals surface area contributed by atoms with Gasteiger partial charge in [0.15, 0.2) is 0 Å². The molecule has 1 saturated heterocycles. The lowest BCUT2D eigenvalue weighted by molar-refractivity contribution is -0.139. The first kappa shape index (κ1) is 18.7. The number of nitrogens with zero attached hydrogens (tertiary/aromatic N) is 2. The molecule has 4 amide bonds. The minimum Gasteiger partial charge on any atom is -0.344 e. The Morgan fingerprint density at radius 3 is 2.38 bits per heavy atom. The van der Waals surface area contributed by atoms with E-state index in [9.17, 15) is 14.4 Å². The van der Waals surface area contributed by atoms with Crippen LogP contribution in [0.4, 0.5) is 4.79 Å². The summed E-state index contributed by atoms with van der Waals surface area (Å²) in [5.41, 5.74) is -0.533. The van der Waals surface area contributed by atoms with Crippen molar-refractivity contribution in [3.8, 4) is 0 Å². The third kappa shape index (κ3) is 3.28. The summed E-state index contributed by atoms with van der Waals surface area (Å²) in [5, 5.41) is 2.89. The highest BCUT2D eigenvalue weighted by atomic mass is 16.2. The Morgan fingerprint density at radius 1 is 1.29 bits per heavy atom. The molecule has 0 aromatic carbocycles. The predicted molar refractivity (Wildman–Crippen MR) is 92.3 cm³/mol. The first-order chi connectivity index (χ1) is 11.2. The summed E-state index contributed by atoms with van der Waals surface area (Å²) in [4.78, 5) is 39.8. The number of carbonyl (C=O) groups is 3. The largest absolute Gasteiger partial charge is 0.344 e. The lowest BCUT2D eigenvalue weighted by atomic mass is 9.65. The number of nitrogens with one attached hydrogen (secondary N) is 1. The predicted octanol–water partition coefficient (Wildman–Crippen LogP) is 2.38. The summed E-state index contributed by atoms with van der Waals surface area (Å²) in [5.74, 6) is 0.136. The van der Waals surface area contributed by atoms with Crippen molar-refractivity contribution in [2.75, 3.05) is 20.1 Å². The van der Waals surface area contributed by atoms with Crippen molar-refractivity contribution in [2.24, 2.45) is 11.3 Å². The zero-order valence-electron chi connectivity index (χ0n) is 15.6. The van der Waals surface area contributed by atoms with Gasteiger partial charge < -0.3 is 10.2 Å². The maximum Gasteiger partial charge on any atom is 0.325 e. The Hall–Kier alpha value is -1.59. The van der Waals surface area contributed by atoms with Crippen LogP contribution in [0.1, 0.15) is 59.8 Å². The van der Waals surface area contributed by atoms with Crippen LogP contribution in [0.2, 0.25) is 0 Å². The fourth-order valence-electron chi connectivity index (χ4n) is 3.77. The summed E-state index contributed by atoms with van der Waals surface area (Å²) in [7, 11) is 1.68.